The van der Waals surface area contributed by atoms with Gasteiger partial charge in [0.25, 0.3) is 0 Å². The molecule has 19 heavy (non-hydrogen) atoms. The predicted molar refractivity (Wildman–Crippen MR) is 74.9 cm³/mol. The largest absolute Gasteiger partial charge is 0.474 e. The molecule has 1 aliphatic carbocycles. The van der Waals surface area contributed by atoms with Crippen molar-refractivity contribution in [2.24, 2.45) is 0 Å². The standard InChI is InChI=1S/C14H20ClN3O/c1-9-12(15)16-13(10-3-4-10)17-14(9)19-11-5-7-18(2)8-6-11/h10-11H,3-8H2,1-2H3. The second-order valence-corrected chi connectivity index (χ2v) is 6.06. The van der Waals surface area contributed by atoms with E-state index in [0.29, 0.717) is 17.0 Å². The lowest BCUT2D eigenvalue weighted by atomic mass is 10.1. The van der Waals surface area contributed by atoms with Gasteiger partial charge in [-0.05, 0) is 39.7 Å². The fourth-order valence-electron chi connectivity index (χ4n) is 2.39. The summed E-state index contributed by atoms with van der Waals surface area (Å²) in [5, 5.41) is 0.542. The van der Waals surface area contributed by atoms with Crippen LogP contribution in [0.1, 0.15) is 43.0 Å². The molecule has 104 valence electrons. The summed E-state index contributed by atoms with van der Waals surface area (Å²) < 4.78 is 6.07. The van der Waals surface area contributed by atoms with Crippen LogP contribution in [0.25, 0.3) is 0 Å². The number of nitrogens with zero attached hydrogens (tertiary/aromatic N) is 3. The Kier molecular flexibility index (Phi) is 3.63. The lowest BCUT2D eigenvalue weighted by Gasteiger charge is -2.29. The van der Waals surface area contributed by atoms with E-state index in [9.17, 15) is 0 Å². The Hall–Kier alpha value is -0.870. The first kappa shape index (κ1) is 13.1. The molecular weight excluding hydrogens is 262 g/mol. The molecular formula is C14H20ClN3O. The van der Waals surface area contributed by atoms with Crippen molar-refractivity contribution in [3.8, 4) is 5.88 Å². The van der Waals surface area contributed by atoms with E-state index in [1.165, 1.54) is 12.8 Å². The maximum Gasteiger partial charge on any atom is 0.221 e. The average Bonchev–Trinajstić information content (AvgIpc) is 3.21. The Morgan fingerprint density at radius 3 is 2.47 bits per heavy atom. The van der Waals surface area contributed by atoms with Crippen LogP contribution < -0.4 is 4.74 Å². The quantitative estimate of drug-likeness (QED) is 0.799. The monoisotopic (exact) mass is 281 g/mol. The molecule has 5 heteroatoms. The van der Waals surface area contributed by atoms with Crippen LogP contribution in [0.4, 0.5) is 0 Å². The molecule has 0 aromatic carbocycles. The van der Waals surface area contributed by atoms with Crippen molar-refractivity contribution in [3.63, 3.8) is 0 Å². The van der Waals surface area contributed by atoms with E-state index in [2.05, 4.69) is 21.9 Å². The number of ether oxygens (including phenoxy) is 1. The van der Waals surface area contributed by atoms with Crippen molar-refractivity contribution in [1.82, 2.24) is 14.9 Å². The molecule has 0 spiro atoms. The highest BCUT2D eigenvalue weighted by Gasteiger charge is 2.29. The van der Waals surface area contributed by atoms with Crippen LogP contribution in [0.3, 0.4) is 0 Å². The lowest BCUT2D eigenvalue weighted by Crippen LogP contribution is -2.36. The van der Waals surface area contributed by atoms with Gasteiger partial charge in [0.05, 0.1) is 0 Å². The molecule has 0 atom stereocenters. The first-order valence-electron chi connectivity index (χ1n) is 7.02. The number of piperidine rings is 1. The summed E-state index contributed by atoms with van der Waals surface area (Å²) in [6.07, 6.45) is 4.71. The molecule has 0 N–H and O–H groups in total. The van der Waals surface area contributed by atoms with Gasteiger partial charge >= 0.3 is 0 Å². The van der Waals surface area contributed by atoms with E-state index in [4.69, 9.17) is 16.3 Å². The van der Waals surface area contributed by atoms with Crippen molar-refractivity contribution in [2.45, 2.75) is 44.6 Å². The predicted octanol–water partition coefficient (Wildman–Crippen LogP) is 2.79. The molecule has 0 radical (unpaired) electrons. The summed E-state index contributed by atoms with van der Waals surface area (Å²) in [6, 6.07) is 0. The van der Waals surface area contributed by atoms with Gasteiger partial charge in [-0.15, -0.1) is 0 Å². The summed E-state index contributed by atoms with van der Waals surface area (Å²) >= 11 is 6.19. The summed E-state index contributed by atoms with van der Waals surface area (Å²) in [7, 11) is 2.15. The van der Waals surface area contributed by atoms with Crippen LogP contribution in [-0.2, 0) is 0 Å². The number of hydrogen-bond acceptors (Lipinski definition) is 4. The van der Waals surface area contributed by atoms with Crippen molar-refractivity contribution >= 4 is 11.6 Å². The fraction of sp³-hybridized carbons (Fsp3) is 0.714. The molecule has 1 saturated carbocycles. The molecule has 2 heterocycles. The lowest BCUT2D eigenvalue weighted by molar-refractivity contribution is 0.109. The number of rotatable bonds is 3. The second kappa shape index (κ2) is 5.25. The van der Waals surface area contributed by atoms with E-state index in [-0.39, 0.29) is 6.10 Å². The van der Waals surface area contributed by atoms with Gasteiger partial charge in [-0.25, -0.2) is 4.98 Å². The van der Waals surface area contributed by atoms with Crippen LogP contribution in [0.2, 0.25) is 5.15 Å². The van der Waals surface area contributed by atoms with Crippen molar-refractivity contribution in [1.29, 1.82) is 0 Å². The third kappa shape index (κ3) is 3.00. The summed E-state index contributed by atoms with van der Waals surface area (Å²) in [5.41, 5.74) is 0.866. The van der Waals surface area contributed by atoms with Crippen LogP contribution >= 0.6 is 11.6 Å². The minimum absolute atomic E-state index is 0.257. The molecule has 4 nitrogen and oxygen atoms in total. The van der Waals surface area contributed by atoms with Crippen LogP contribution in [0, 0.1) is 6.92 Å². The van der Waals surface area contributed by atoms with E-state index in [1.54, 1.807) is 0 Å². The highest BCUT2D eigenvalue weighted by Crippen LogP contribution is 2.40. The summed E-state index contributed by atoms with van der Waals surface area (Å²) in [5.74, 6) is 2.05. The van der Waals surface area contributed by atoms with Crippen molar-refractivity contribution < 1.29 is 4.74 Å². The Balaban J connectivity index is 1.75. The number of aromatic nitrogens is 2. The van der Waals surface area contributed by atoms with Crippen molar-refractivity contribution in [2.75, 3.05) is 20.1 Å². The number of halogens is 1. The molecule has 0 bridgehead atoms. The van der Waals surface area contributed by atoms with Gasteiger partial charge in [-0.2, -0.15) is 4.98 Å². The fourth-order valence-corrected chi connectivity index (χ4v) is 2.55. The smallest absolute Gasteiger partial charge is 0.221 e. The topological polar surface area (TPSA) is 38.3 Å². The SMILES string of the molecule is Cc1c(Cl)nc(C2CC2)nc1OC1CCN(C)CC1. The number of likely N-dealkylation sites (tertiary alicyclic amines) is 1. The Bertz CT molecular complexity index is 468. The molecule has 2 fully saturated rings. The van der Waals surface area contributed by atoms with E-state index < -0.39 is 0 Å². The zero-order chi connectivity index (χ0) is 13.4. The minimum atomic E-state index is 0.257. The molecule has 1 aliphatic heterocycles. The van der Waals surface area contributed by atoms with Gasteiger partial charge in [-0.3, -0.25) is 0 Å². The van der Waals surface area contributed by atoms with Crippen LogP contribution in [0.5, 0.6) is 5.88 Å². The zero-order valence-corrected chi connectivity index (χ0v) is 12.3. The zero-order valence-electron chi connectivity index (χ0n) is 11.5. The molecule has 0 amide bonds. The molecule has 1 aromatic heterocycles. The number of hydrogen-bond donors (Lipinski definition) is 0. The van der Waals surface area contributed by atoms with Crippen LogP contribution in [-0.4, -0.2) is 41.1 Å². The molecule has 1 saturated heterocycles. The van der Waals surface area contributed by atoms with Crippen LogP contribution in [0.15, 0.2) is 0 Å². The maximum absolute atomic E-state index is 6.19. The average molecular weight is 282 g/mol. The molecule has 3 rings (SSSR count). The normalized spacial score (nSPS) is 21.6. The third-order valence-corrected chi connectivity index (χ3v) is 4.31. The Morgan fingerprint density at radius 2 is 1.84 bits per heavy atom. The van der Waals surface area contributed by atoms with Crippen molar-refractivity contribution in [3.05, 3.63) is 16.5 Å². The Morgan fingerprint density at radius 1 is 1.16 bits per heavy atom. The van der Waals surface area contributed by atoms with Gasteiger partial charge in [0.1, 0.15) is 17.1 Å². The third-order valence-electron chi connectivity index (χ3n) is 3.95. The Labute approximate surface area is 119 Å². The van der Waals surface area contributed by atoms with Gasteiger partial charge < -0.3 is 9.64 Å². The maximum atomic E-state index is 6.19. The first-order valence-corrected chi connectivity index (χ1v) is 7.40. The van der Waals surface area contributed by atoms with E-state index in [0.717, 1.165) is 37.3 Å². The highest BCUT2D eigenvalue weighted by molar-refractivity contribution is 6.30. The molecule has 2 aliphatic rings. The van der Waals surface area contributed by atoms with E-state index in [1.807, 2.05) is 6.92 Å². The molecule has 0 unspecified atom stereocenters. The first-order chi connectivity index (χ1) is 9.13. The molecule has 1 aromatic rings. The van der Waals surface area contributed by atoms with Gasteiger partial charge in [0, 0.05) is 24.6 Å². The van der Waals surface area contributed by atoms with Gasteiger partial charge in [0.15, 0.2) is 0 Å². The minimum Gasteiger partial charge on any atom is -0.474 e. The van der Waals surface area contributed by atoms with E-state index >= 15 is 0 Å². The second-order valence-electron chi connectivity index (χ2n) is 5.70. The summed E-state index contributed by atoms with van der Waals surface area (Å²) in [6.45, 7) is 4.10. The summed E-state index contributed by atoms with van der Waals surface area (Å²) in [4.78, 5) is 11.3. The highest BCUT2D eigenvalue weighted by atomic mass is 35.5. The van der Waals surface area contributed by atoms with Gasteiger partial charge in [0.2, 0.25) is 5.88 Å². The van der Waals surface area contributed by atoms with Gasteiger partial charge in [-0.1, -0.05) is 11.6 Å².